The van der Waals surface area contributed by atoms with Gasteiger partial charge >= 0.3 is 0 Å². The molecule has 0 atom stereocenters. The number of aromatic nitrogens is 4. The second kappa shape index (κ2) is 5.95. The van der Waals surface area contributed by atoms with E-state index in [2.05, 4.69) is 26.3 Å². The Morgan fingerprint density at radius 2 is 2.20 bits per heavy atom. The lowest BCUT2D eigenvalue weighted by Gasteiger charge is -2.09. The summed E-state index contributed by atoms with van der Waals surface area (Å²) >= 11 is 0. The molecule has 7 heteroatoms. The van der Waals surface area contributed by atoms with Crippen molar-refractivity contribution in [3.8, 4) is 0 Å². The van der Waals surface area contributed by atoms with Gasteiger partial charge in [0.15, 0.2) is 11.5 Å². The Hall–Kier alpha value is -3.32. The van der Waals surface area contributed by atoms with Crippen LogP contribution in [0.5, 0.6) is 0 Å². The summed E-state index contributed by atoms with van der Waals surface area (Å²) in [6.07, 6.45) is 9.27. The van der Waals surface area contributed by atoms with Crippen LogP contribution in [0.15, 0.2) is 55.3 Å². The zero-order valence-electron chi connectivity index (χ0n) is 14.1. The van der Waals surface area contributed by atoms with Crippen molar-refractivity contribution in [2.45, 2.75) is 6.92 Å². The highest BCUT2D eigenvalue weighted by Crippen LogP contribution is 2.24. The van der Waals surface area contributed by atoms with Crippen LogP contribution in [0.4, 0.5) is 11.5 Å². The monoisotopic (exact) mass is 333 g/mol. The van der Waals surface area contributed by atoms with Gasteiger partial charge in [-0.25, -0.2) is 15.8 Å². The van der Waals surface area contributed by atoms with Crippen LogP contribution in [0.3, 0.4) is 0 Å². The highest BCUT2D eigenvalue weighted by atomic mass is 15.4. The quantitative estimate of drug-likeness (QED) is 0.394. The van der Waals surface area contributed by atoms with Crippen LogP contribution in [0.25, 0.3) is 22.1 Å². The van der Waals surface area contributed by atoms with E-state index in [1.165, 1.54) is 5.01 Å². The first-order chi connectivity index (χ1) is 12.1. The van der Waals surface area contributed by atoms with Crippen LogP contribution in [0.1, 0.15) is 12.6 Å². The number of hydrazine groups is 1. The van der Waals surface area contributed by atoms with Gasteiger partial charge in [-0.1, -0.05) is 0 Å². The Bertz CT molecular complexity index is 1070. The van der Waals surface area contributed by atoms with Gasteiger partial charge in [0.2, 0.25) is 0 Å². The summed E-state index contributed by atoms with van der Waals surface area (Å²) in [5.74, 6) is 6.42. The number of nitrogens with zero attached hydrogens (tertiary/aromatic N) is 4. The van der Waals surface area contributed by atoms with Crippen molar-refractivity contribution in [2.24, 2.45) is 5.84 Å². The molecule has 0 aliphatic carbocycles. The molecular weight excluding hydrogens is 314 g/mol. The van der Waals surface area contributed by atoms with E-state index >= 15 is 0 Å². The smallest absolute Gasteiger partial charge is 0.180 e. The van der Waals surface area contributed by atoms with E-state index < -0.39 is 0 Å². The maximum atomic E-state index is 5.71. The number of nitrogens with two attached hydrogens (primary N) is 1. The molecule has 0 saturated heterocycles. The van der Waals surface area contributed by atoms with Gasteiger partial charge in [0.25, 0.3) is 0 Å². The largest absolute Gasteiger partial charge is 0.361 e. The predicted octanol–water partition coefficient (Wildman–Crippen LogP) is 3.12. The van der Waals surface area contributed by atoms with Gasteiger partial charge in [0.1, 0.15) is 0 Å². The molecule has 0 unspecified atom stereocenters. The van der Waals surface area contributed by atoms with E-state index in [0.29, 0.717) is 5.82 Å². The lowest BCUT2D eigenvalue weighted by molar-refractivity contribution is 0.486. The maximum Gasteiger partial charge on any atom is 0.180 e. The number of H-pyrrole nitrogens is 1. The Labute approximate surface area is 144 Å². The van der Waals surface area contributed by atoms with Crippen LogP contribution in [-0.2, 0) is 0 Å². The van der Waals surface area contributed by atoms with Gasteiger partial charge in [-0.05, 0) is 36.8 Å². The first-order valence-electron chi connectivity index (χ1n) is 7.94. The molecule has 3 aromatic heterocycles. The fourth-order valence-electron chi connectivity index (χ4n) is 2.94. The number of imidazole rings is 1. The lowest BCUT2D eigenvalue weighted by atomic mass is 10.2. The van der Waals surface area contributed by atoms with Crippen molar-refractivity contribution in [3.05, 3.63) is 60.9 Å². The topological polar surface area (TPSA) is 87.3 Å². The minimum Gasteiger partial charge on any atom is -0.361 e. The number of benzene rings is 1. The van der Waals surface area contributed by atoms with Crippen LogP contribution in [0.2, 0.25) is 0 Å². The van der Waals surface area contributed by atoms with Gasteiger partial charge in [0, 0.05) is 48.4 Å². The second-order valence-corrected chi connectivity index (χ2v) is 6.00. The number of anilines is 2. The molecule has 0 amide bonds. The van der Waals surface area contributed by atoms with E-state index in [9.17, 15) is 0 Å². The summed E-state index contributed by atoms with van der Waals surface area (Å²) in [7, 11) is 1.79. The van der Waals surface area contributed by atoms with Crippen molar-refractivity contribution in [1.29, 1.82) is 0 Å². The van der Waals surface area contributed by atoms with Gasteiger partial charge in [-0.2, -0.15) is 0 Å². The average molecular weight is 333 g/mol. The number of fused-ring (bicyclic) bond motifs is 2. The molecule has 1 aromatic carbocycles. The average Bonchev–Trinajstić information content (AvgIpc) is 3.20. The number of allylic oxidation sites excluding steroid dienone is 1. The molecule has 0 bridgehead atoms. The standard InChI is InChI=1S/C18H19N7/c1-12(11-24(2)19)16-10-22-18-17(21-7-8-25(16)18)23-14-3-4-15-13(9-14)5-6-20-15/h3-11,20H,19H2,1-2H3,(H,21,23)/b12-11+. The molecule has 126 valence electrons. The molecule has 4 N–H and O–H groups in total. The molecule has 0 aliphatic rings. The zero-order valence-corrected chi connectivity index (χ0v) is 14.1. The molecule has 0 radical (unpaired) electrons. The maximum absolute atomic E-state index is 5.71. The van der Waals surface area contributed by atoms with Crippen LogP contribution in [-0.4, -0.2) is 31.4 Å². The lowest BCUT2D eigenvalue weighted by Crippen LogP contribution is -2.19. The molecular formula is C18H19N7. The number of hydrogen-bond acceptors (Lipinski definition) is 5. The zero-order chi connectivity index (χ0) is 17.4. The summed E-state index contributed by atoms with van der Waals surface area (Å²) in [6, 6.07) is 8.18. The van der Waals surface area contributed by atoms with E-state index in [-0.39, 0.29) is 0 Å². The van der Waals surface area contributed by atoms with Crippen LogP contribution in [0, 0.1) is 0 Å². The first kappa shape index (κ1) is 15.2. The predicted molar refractivity (Wildman–Crippen MR) is 100 cm³/mol. The summed E-state index contributed by atoms with van der Waals surface area (Å²) in [5, 5.41) is 6.03. The van der Waals surface area contributed by atoms with Crippen molar-refractivity contribution < 1.29 is 0 Å². The third kappa shape index (κ3) is 2.81. The van der Waals surface area contributed by atoms with Crippen molar-refractivity contribution in [3.63, 3.8) is 0 Å². The van der Waals surface area contributed by atoms with Crippen LogP contribution >= 0.6 is 0 Å². The molecule has 4 aromatic rings. The van der Waals surface area contributed by atoms with E-state index in [4.69, 9.17) is 5.84 Å². The first-order valence-corrected chi connectivity index (χ1v) is 7.94. The minimum atomic E-state index is 0.706. The summed E-state index contributed by atoms with van der Waals surface area (Å²) in [4.78, 5) is 12.2. The van der Waals surface area contributed by atoms with Gasteiger partial charge in [-0.3, -0.25) is 4.40 Å². The Kier molecular flexibility index (Phi) is 3.62. The number of nitrogens with one attached hydrogen (secondary N) is 2. The van der Waals surface area contributed by atoms with E-state index in [1.54, 1.807) is 13.2 Å². The number of rotatable bonds is 4. The third-order valence-electron chi connectivity index (χ3n) is 4.05. The molecule has 0 spiro atoms. The SMILES string of the molecule is C/C(=C\N(C)N)c1cnc2c(Nc3ccc4[nH]ccc4c3)nccn12. The Morgan fingerprint density at radius 1 is 1.32 bits per heavy atom. The molecule has 4 rings (SSSR count). The van der Waals surface area contributed by atoms with Crippen molar-refractivity contribution >= 4 is 33.6 Å². The normalized spacial score (nSPS) is 12.0. The second-order valence-electron chi connectivity index (χ2n) is 6.00. The summed E-state index contributed by atoms with van der Waals surface area (Å²) in [5.41, 5.74) is 4.82. The summed E-state index contributed by atoms with van der Waals surface area (Å²) < 4.78 is 2.00. The van der Waals surface area contributed by atoms with E-state index in [0.717, 1.165) is 33.5 Å². The fourth-order valence-corrected chi connectivity index (χ4v) is 2.94. The minimum absolute atomic E-state index is 0.706. The Morgan fingerprint density at radius 3 is 3.04 bits per heavy atom. The molecule has 0 saturated carbocycles. The molecule has 0 fully saturated rings. The molecule has 3 heterocycles. The highest BCUT2D eigenvalue weighted by molar-refractivity contribution is 5.85. The highest BCUT2D eigenvalue weighted by Gasteiger charge is 2.10. The van der Waals surface area contributed by atoms with Crippen molar-refractivity contribution in [1.82, 2.24) is 24.4 Å². The number of aromatic amines is 1. The fraction of sp³-hybridized carbons (Fsp3) is 0.111. The molecule has 25 heavy (non-hydrogen) atoms. The van der Waals surface area contributed by atoms with E-state index in [1.807, 2.05) is 54.3 Å². The third-order valence-corrected chi connectivity index (χ3v) is 4.05. The van der Waals surface area contributed by atoms with Crippen molar-refractivity contribution in [2.75, 3.05) is 12.4 Å². The number of hydrogen-bond donors (Lipinski definition) is 3. The van der Waals surface area contributed by atoms with Gasteiger partial charge < -0.3 is 15.3 Å². The van der Waals surface area contributed by atoms with Gasteiger partial charge in [-0.15, -0.1) is 0 Å². The molecule has 7 nitrogen and oxygen atoms in total. The Balaban J connectivity index is 1.74. The molecule has 0 aliphatic heterocycles. The summed E-state index contributed by atoms with van der Waals surface area (Å²) in [6.45, 7) is 2.00. The van der Waals surface area contributed by atoms with Crippen LogP contribution < -0.4 is 11.2 Å². The van der Waals surface area contributed by atoms with Gasteiger partial charge in [0.05, 0.1) is 11.9 Å².